The normalized spacial score (nSPS) is 19.3. The van der Waals surface area contributed by atoms with Crippen LogP contribution in [0, 0.1) is 5.92 Å². The summed E-state index contributed by atoms with van der Waals surface area (Å²) in [6, 6.07) is 5.95. The quantitative estimate of drug-likeness (QED) is 0.801. The van der Waals surface area contributed by atoms with Crippen molar-refractivity contribution in [2.75, 3.05) is 13.1 Å². The first-order valence-electron chi connectivity index (χ1n) is 8.77. The Morgan fingerprint density at radius 2 is 2.04 bits per heavy atom. The smallest absolute Gasteiger partial charge is 0.337 e. The van der Waals surface area contributed by atoms with Crippen LogP contribution < -0.4 is 0 Å². The number of hydrogen-bond acceptors (Lipinski definition) is 2. The minimum atomic E-state index is -4.27. The number of aryl methyl sites for hydroxylation is 2. The molecule has 0 radical (unpaired) electrons. The molecule has 2 aromatic rings. The molecule has 0 N–H and O–H groups in total. The fraction of sp³-hybridized carbons (Fsp3) is 0.526. The van der Waals surface area contributed by atoms with Gasteiger partial charge in [-0.2, -0.15) is 13.2 Å². The lowest BCUT2D eigenvalue weighted by Crippen LogP contribution is -2.35. The largest absolute Gasteiger partial charge is 0.416 e. The zero-order chi connectivity index (χ0) is 17.9. The van der Waals surface area contributed by atoms with E-state index < -0.39 is 11.7 Å². The SMILES string of the molecule is Cn1ccnc1CN1CCC[C@@H](CCc2ccccc2C(F)(F)F)C1. The Labute approximate surface area is 146 Å². The molecule has 1 aromatic carbocycles. The van der Waals surface area contributed by atoms with E-state index in [4.69, 9.17) is 0 Å². The monoisotopic (exact) mass is 351 g/mol. The van der Waals surface area contributed by atoms with Crippen molar-refractivity contribution in [2.45, 2.75) is 38.4 Å². The lowest BCUT2D eigenvalue weighted by molar-refractivity contribution is -0.138. The van der Waals surface area contributed by atoms with Crippen LogP contribution in [0.15, 0.2) is 36.7 Å². The number of alkyl halides is 3. The van der Waals surface area contributed by atoms with Gasteiger partial charge in [0.2, 0.25) is 0 Å². The van der Waals surface area contributed by atoms with E-state index >= 15 is 0 Å². The van der Waals surface area contributed by atoms with E-state index in [1.54, 1.807) is 18.3 Å². The second-order valence-electron chi connectivity index (χ2n) is 6.89. The van der Waals surface area contributed by atoms with Gasteiger partial charge in [-0.25, -0.2) is 4.98 Å². The lowest BCUT2D eigenvalue weighted by atomic mass is 9.90. The topological polar surface area (TPSA) is 21.1 Å². The molecule has 3 rings (SSSR count). The summed E-state index contributed by atoms with van der Waals surface area (Å²) < 4.78 is 41.3. The first-order valence-corrected chi connectivity index (χ1v) is 8.77. The molecule has 3 nitrogen and oxygen atoms in total. The molecule has 2 heterocycles. The van der Waals surface area contributed by atoms with Crippen LogP contribution in [0.3, 0.4) is 0 Å². The van der Waals surface area contributed by atoms with Gasteiger partial charge in [-0.1, -0.05) is 18.2 Å². The Balaban J connectivity index is 1.58. The van der Waals surface area contributed by atoms with Crippen molar-refractivity contribution in [3.8, 4) is 0 Å². The molecular weight excluding hydrogens is 327 g/mol. The summed E-state index contributed by atoms with van der Waals surface area (Å²) in [5.41, 5.74) is -0.0769. The van der Waals surface area contributed by atoms with Crippen LogP contribution in [-0.2, 0) is 26.2 Å². The minimum Gasteiger partial charge on any atom is -0.337 e. The minimum absolute atomic E-state index is 0.413. The molecule has 0 amide bonds. The maximum absolute atomic E-state index is 13.1. The number of imidazole rings is 1. The molecule has 0 bridgehead atoms. The zero-order valence-electron chi connectivity index (χ0n) is 14.5. The highest BCUT2D eigenvalue weighted by atomic mass is 19.4. The van der Waals surface area contributed by atoms with Crippen LogP contribution in [-0.4, -0.2) is 27.5 Å². The Kier molecular flexibility index (Phi) is 5.47. The van der Waals surface area contributed by atoms with E-state index in [0.29, 0.717) is 17.9 Å². The molecule has 1 aliphatic rings. The Morgan fingerprint density at radius 1 is 1.24 bits per heavy atom. The fourth-order valence-corrected chi connectivity index (χ4v) is 3.65. The van der Waals surface area contributed by atoms with Gasteiger partial charge in [0.1, 0.15) is 5.82 Å². The van der Waals surface area contributed by atoms with E-state index in [9.17, 15) is 13.2 Å². The average molecular weight is 351 g/mol. The number of likely N-dealkylation sites (tertiary alicyclic amines) is 1. The van der Waals surface area contributed by atoms with Crippen LogP contribution >= 0.6 is 0 Å². The highest BCUT2D eigenvalue weighted by Crippen LogP contribution is 2.33. The maximum Gasteiger partial charge on any atom is 0.416 e. The van der Waals surface area contributed by atoms with Crippen molar-refractivity contribution >= 4 is 0 Å². The van der Waals surface area contributed by atoms with Crippen LogP contribution in [0.1, 0.15) is 36.2 Å². The van der Waals surface area contributed by atoms with Gasteiger partial charge in [0.25, 0.3) is 0 Å². The van der Waals surface area contributed by atoms with Crippen LogP contribution in [0.2, 0.25) is 0 Å². The van der Waals surface area contributed by atoms with E-state index in [1.165, 1.54) is 12.1 Å². The summed E-state index contributed by atoms with van der Waals surface area (Å²) in [6.07, 6.45) is 2.92. The van der Waals surface area contributed by atoms with Gasteiger partial charge in [0, 0.05) is 26.0 Å². The molecule has 6 heteroatoms. The number of benzene rings is 1. The third kappa shape index (κ3) is 4.63. The summed E-state index contributed by atoms with van der Waals surface area (Å²) in [7, 11) is 1.98. The highest BCUT2D eigenvalue weighted by molar-refractivity contribution is 5.29. The van der Waals surface area contributed by atoms with Crippen molar-refractivity contribution < 1.29 is 13.2 Å². The number of hydrogen-bond donors (Lipinski definition) is 0. The van der Waals surface area contributed by atoms with E-state index in [0.717, 1.165) is 44.7 Å². The molecule has 1 aromatic heterocycles. The van der Waals surface area contributed by atoms with Gasteiger partial charge in [-0.05, 0) is 49.8 Å². The van der Waals surface area contributed by atoms with Crippen LogP contribution in [0.4, 0.5) is 13.2 Å². The Hall–Kier alpha value is -1.82. The Bertz CT molecular complexity index is 693. The van der Waals surface area contributed by atoms with Gasteiger partial charge in [0.15, 0.2) is 0 Å². The number of piperidine rings is 1. The van der Waals surface area contributed by atoms with Crippen molar-refractivity contribution in [3.63, 3.8) is 0 Å². The second-order valence-corrected chi connectivity index (χ2v) is 6.89. The molecule has 0 spiro atoms. The van der Waals surface area contributed by atoms with Crippen molar-refractivity contribution in [3.05, 3.63) is 53.6 Å². The second kappa shape index (κ2) is 7.60. The molecular formula is C19H24F3N3. The molecule has 1 aliphatic heterocycles. The first-order chi connectivity index (χ1) is 11.9. The fourth-order valence-electron chi connectivity index (χ4n) is 3.65. The standard InChI is InChI=1S/C19H24F3N3/c1-24-12-10-23-18(24)14-25-11-4-5-15(13-25)8-9-16-6-2-3-7-17(16)19(20,21)22/h2-3,6-7,10,12,15H,4-5,8-9,11,13-14H2,1H3/t15-/m0/s1. The number of aromatic nitrogens is 2. The van der Waals surface area contributed by atoms with Gasteiger partial charge in [0.05, 0.1) is 12.1 Å². The number of nitrogens with zero attached hydrogens (tertiary/aromatic N) is 3. The van der Waals surface area contributed by atoms with Gasteiger partial charge in [-0.15, -0.1) is 0 Å². The average Bonchev–Trinajstić information content (AvgIpc) is 2.98. The van der Waals surface area contributed by atoms with Crippen LogP contribution in [0.25, 0.3) is 0 Å². The lowest BCUT2D eigenvalue weighted by Gasteiger charge is -2.32. The number of halogens is 3. The highest BCUT2D eigenvalue weighted by Gasteiger charge is 2.33. The van der Waals surface area contributed by atoms with Gasteiger partial charge in [-0.3, -0.25) is 4.90 Å². The summed E-state index contributed by atoms with van der Waals surface area (Å²) in [4.78, 5) is 6.73. The molecule has 0 aliphatic carbocycles. The molecule has 1 fully saturated rings. The van der Waals surface area contributed by atoms with Gasteiger partial charge < -0.3 is 4.57 Å². The molecule has 25 heavy (non-hydrogen) atoms. The van der Waals surface area contributed by atoms with Crippen LogP contribution in [0.5, 0.6) is 0 Å². The summed E-state index contributed by atoms with van der Waals surface area (Å²) >= 11 is 0. The summed E-state index contributed by atoms with van der Waals surface area (Å²) in [5.74, 6) is 1.47. The molecule has 0 unspecified atom stereocenters. The summed E-state index contributed by atoms with van der Waals surface area (Å²) in [6.45, 7) is 2.77. The van der Waals surface area contributed by atoms with E-state index in [2.05, 4.69) is 9.88 Å². The maximum atomic E-state index is 13.1. The van der Waals surface area contributed by atoms with Crippen molar-refractivity contribution in [1.29, 1.82) is 0 Å². The third-order valence-electron chi connectivity index (χ3n) is 5.03. The summed E-state index contributed by atoms with van der Waals surface area (Å²) in [5, 5.41) is 0. The van der Waals surface area contributed by atoms with E-state index in [1.807, 2.05) is 17.8 Å². The third-order valence-corrected chi connectivity index (χ3v) is 5.03. The molecule has 1 saturated heterocycles. The van der Waals surface area contributed by atoms with E-state index in [-0.39, 0.29) is 0 Å². The zero-order valence-corrected chi connectivity index (χ0v) is 14.5. The van der Waals surface area contributed by atoms with Crippen molar-refractivity contribution in [1.82, 2.24) is 14.5 Å². The molecule has 1 atom stereocenters. The first kappa shape index (κ1) is 18.0. The van der Waals surface area contributed by atoms with Crippen molar-refractivity contribution in [2.24, 2.45) is 13.0 Å². The number of rotatable bonds is 5. The predicted molar refractivity (Wildman–Crippen MR) is 91.0 cm³/mol. The van der Waals surface area contributed by atoms with Gasteiger partial charge >= 0.3 is 6.18 Å². The molecule has 0 saturated carbocycles. The molecule has 136 valence electrons. The Morgan fingerprint density at radius 3 is 2.76 bits per heavy atom. The predicted octanol–water partition coefficient (Wildman–Crippen LogP) is 4.28.